The molecule has 0 aliphatic carbocycles. The van der Waals surface area contributed by atoms with E-state index < -0.39 is 198 Å². The van der Waals surface area contributed by atoms with E-state index in [1.54, 1.807) is 62.3 Å². The van der Waals surface area contributed by atoms with E-state index in [0.717, 1.165) is 6.92 Å². The topological polar surface area (TPSA) is 570 Å². The van der Waals surface area contributed by atoms with Gasteiger partial charge in [0.25, 0.3) is 0 Å². The van der Waals surface area contributed by atoms with E-state index in [9.17, 15) is 78.0 Å². The van der Waals surface area contributed by atoms with Gasteiger partial charge in [0.2, 0.25) is 65.0 Å². The highest BCUT2D eigenvalue weighted by molar-refractivity contribution is 6.00. The minimum Gasteiger partial charge on any atom is -0.453 e. The van der Waals surface area contributed by atoms with Gasteiger partial charge in [0, 0.05) is 13.1 Å². The Bertz CT molecular complexity index is 2870. The summed E-state index contributed by atoms with van der Waals surface area (Å²) in [7, 11) is 0. The summed E-state index contributed by atoms with van der Waals surface area (Å²) in [5.74, 6) is -17.7. The van der Waals surface area contributed by atoms with Crippen LogP contribution in [0.4, 0.5) is 4.79 Å². The fraction of sp³-hybridized carbons (Fsp3) is 0.677. The van der Waals surface area contributed by atoms with Gasteiger partial charge in [0.15, 0.2) is 24.2 Å². The number of guanidine groups is 1. The highest BCUT2D eigenvalue weighted by Gasteiger charge is 2.44. The summed E-state index contributed by atoms with van der Waals surface area (Å²) in [6.07, 6.45) is -9.07. The molecule has 1 aromatic rings. The van der Waals surface area contributed by atoms with E-state index in [0.29, 0.717) is 0 Å². The number of nitrogens with zero attached hydrogens (tertiary/aromatic N) is 1. The van der Waals surface area contributed by atoms with Crippen molar-refractivity contribution in [3.63, 3.8) is 0 Å². The minimum absolute atomic E-state index is 0.0217. The number of nitrogens with one attached hydrogen (secondary N) is 11. The molecule has 15 atom stereocenters. The first kappa shape index (κ1) is 84.3. The fourth-order valence-electron chi connectivity index (χ4n) is 9.59. The highest BCUT2D eigenvalue weighted by Crippen LogP contribution is 2.25. The van der Waals surface area contributed by atoms with Gasteiger partial charge in [0.1, 0.15) is 53.9 Å². The lowest BCUT2D eigenvalue weighted by atomic mass is 9.95. The number of nitrogens with two attached hydrogens (primary N) is 4. The number of alkyl carbamates (subject to hydrolysis) is 1. The minimum atomic E-state index is -2.60. The molecule has 0 bridgehead atoms. The first-order chi connectivity index (χ1) is 45.2. The van der Waals surface area contributed by atoms with Crippen molar-refractivity contribution in [1.82, 2.24) is 58.5 Å². The summed E-state index contributed by atoms with van der Waals surface area (Å²) < 4.78 is 11.2. The Hall–Kier alpha value is -8.80. The largest absolute Gasteiger partial charge is 0.453 e. The average Bonchev–Trinajstić information content (AvgIpc) is 0.818. The van der Waals surface area contributed by atoms with Crippen molar-refractivity contribution >= 4 is 83.0 Å². The van der Waals surface area contributed by atoms with Gasteiger partial charge >= 0.3 is 12.1 Å². The molecule has 1 aromatic carbocycles. The average molecular weight is 1380 g/mol. The molecule has 23 N–H and O–H groups in total. The van der Waals surface area contributed by atoms with Crippen molar-refractivity contribution in [3.8, 4) is 0 Å². The molecule has 2 rings (SSSR count). The Morgan fingerprint density at radius 2 is 1.26 bits per heavy atom. The van der Waals surface area contributed by atoms with Crippen molar-refractivity contribution in [2.45, 2.75) is 218 Å². The van der Waals surface area contributed by atoms with Gasteiger partial charge < -0.3 is 111 Å². The number of aliphatic imine (C=N–C) groups is 1. The van der Waals surface area contributed by atoms with Gasteiger partial charge in [-0.15, -0.1) is 0 Å². The summed E-state index contributed by atoms with van der Waals surface area (Å²) in [5.41, 5.74) is 21.8. The molecular formula is C62H104N16O19. The molecule has 35 heteroatoms. The molecule has 0 saturated carbocycles. The number of aliphatic hydroxyl groups is 4. The Morgan fingerprint density at radius 3 is 1.80 bits per heavy atom. The molecule has 1 saturated heterocycles. The quantitative estimate of drug-likeness (QED) is 0.0188. The van der Waals surface area contributed by atoms with Crippen LogP contribution < -0.4 is 81.4 Å². The van der Waals surface area contributed by atoms with Crippen LogP contribution in [0.5, 0.6) is 0 Å². The smallest absolute Gasteiger partial charge is 0.407 e. The number of carbonyl (C=O) groups excluding carboxylic acids is 13. The monoisotopic (exact) mass is 1380 g/mol. The zero-order valence-corrected chi connectivity index (χ0v) is 57.2. The Labute approximate surface area is 564 Å². The Morgan fingerprint density at radius 1 is 0.691 bits per heavy atom. The second kappa shape index (κ2) is 40.7. The third-order valence-electron chi connectivity index (χ3n) is 15.1. The maximum atomic E-state index is 15.5. The van der Waals surface area contributed by atoms with Crippen molar-refractivity contribution in [1.29, 1.82) is 0 Å². The van der Waals surface area contributed by atoms with Crippen LogP contribution in [0.1, 0.15) is 140 Å². The maximum Gasteiger partial charge on any atom is 0.407 e. The lowest BCUT2D eigenvalue weighted by molar-refractivity contribution is -0.159. The molecule has 2 unspecified atom stereocenters. The summed E-state index contributed by atoms with van der Waals surface area (Å²) in [6.45, 7) is 16.6. The van der Waals surface area contributed by atoms with Gasteiger partial charge in [-0.05, 0) is 95.5 Å². The summed E-state index contributed by atoms with van der Waals surface area (Å²) in [6, 6.07) is -11.3. The first-order valence-corrected chi connectivity index (χ1v) is 32.2. The number of rotatable bonds is 25. The second-order valence-corrected chi connectivity index (χ2v) is 26.0. The number of hydrogen-bond acceptors (Lipinski definition) is 21. The number of benzene rings is 1. The summed E-state index contributed by atoms with van der Waals surface area (Å²) in [4.78, 5) is 187. The number of primary amides is 1. The predicted octanol–water partition coefficient (Wildman–Crippen LogP) is -5.18. The van der Waals surface area contributed by atoms with Crippen LogP contribution in [0.15, 0.2) is 35.3 Å². The molecule has 97 heavy (non-hydrogen) atoms. The second-order valence-electron chi connectivity index (χ2n) is 26.0. The number of carbonyl (C=O) groups is 13. The number of hydrogen-bond donors (Lipinski definition) is 19. The molecule has 0 radical (unpaired) electrons. The summed E-state index contributed by atoms with van der Waals surface area (Å²) >= 11 is 0. The fourth-order valence-corrected chi connectivity index (χ4v) is 9.59. The van der Waals surface area contributed by atoms with Gasteiger partial charge in [-0.2, -0.15) is 0 Å². The molecule has 1 heterocycles. The van der Waals surface area contributed by atoms with E-state index in [4.69, 9.17) is 32.4 Å². The third-order valence-corrected chi connectivity index (χ3v) is 15.1. The van der Waals surface area contributed by atoms with Gasteiger partial charge in [-0.1, -0.05) is 92.1 Å². The highest BCUT2D eigenvalue weighted by atomic mass is 16.6. The Balaban J connectivity index is 3.08. The number of amides is 12. The van der Waals surface area contributed by atoms with Crippen LogP contribution in [-0.2, 0) is 67.0 Å². The lowest BCUT2D eigenvalue weighted by Crippen LogP contribution is -2.64. The number of esters is 1. The zero-order valence-electron chi connectivity index (χ0n) is 57.2. The number of ether oxygens (including phenoxy) is 2. The van der Waals surface area contributed by atoms with Gasteiger partial charge in [-0.3, -0.25) is 57.7 Å². The molecule has 546 valence electrons. The van der Waals surface area contributed by atoms with Crippen LogP contribution >= 0.6 is 0 Å². The lowest BCUT2D eigenvalue weighted by Gasteiger charge is -2.33. The molecule has 1 fully saturated rings. The molecule has 0 spiro atoms. The number of aliphatic hydroxyl groups excluding tert-OH is 4. The van der Waals surface area contributed by atoms with Crippen LogP contribution in [-0.4, -0.2) is 214 Å². The summed E-state index contributed by atoms with van der Waals surface area (Å²) in [5, 5.41) is 70.7. The predicted molar refractivity (Wildman–Crippen MR) is 350 cm³/mol. The van der Waals surface area contributed by atoms with E-state index in [2.05, 4.69) is 52.8 Å². The van der Waals surface area contributed by atoms with Crippen molar-refractivity contribution in [3.05, 3.63) is 35.9 Å². The molecular weight excluding hydrogens is 1270 g/mol. The molecule has 0 aromatic heterocycles. The first-order valence-electron chi connectivity index (χ1n) is 32.2. The van der Waals surface area contributed by atoms with E-state index in [-0.39, 0.29) is 75.5 Å². The van der Waals surface area contributed by atoms with E-state index >= 15 is 4.79 Å². The zero-order chi connectivity index (χ0) is 73.8. The maximum absolute atomic E-state index is 15.5. The van der Waals surface area contributed by atoms with Gasteiger partial charge in [-0.25, -0.2) is 9.59 Å². The van der Waals surface area contributed by atoms with Crippen LogP contribution in [0.25, 0.3) is 0 Å². The Kier molecular flexibility index (Phi) is 35.4. The molecule has 12 amide bonds. The molecule has 1 aliphatic rings. The van der Waals surface area contributed by atoms with Gasteiger partial charge in [0.05, 0.1) is 31.4 Å². The standard InChI is InChI=1S/C62H104N16O19/c1-13-32(8)41-55(90)76-42(33(9)80)54(89)69-27-40(81)74-44(47(83)49(64)84)57(92)73-39(28-79)59(94)96-48(34-19-15-14-16-20-34)45(78-53(88)38(26-30(4)5)71-50(85)35(63)21-17-24-68-61(95)97-62(10,11)12)58(93)77-43(46(82)31(6)7)56(91)72-37(25-29(2)3)52(87)70-36(51(86)75-41)22-18-23-67-60(65)66/h14-16,19-20,29-33,35-39,41-48,79-80,82-83H,13,17-18,21-28,63H2,1-12H3,(H2,64,84)(H,68,95)(H,69,89)(H,70,87)(H,71,85)(H,72,91)(H,73,92)(H,74,81)(H,75,86)(H,76,90)(H,77,93)(H,78,88)(H4,65,66,67)/t32-,33-,35+,36+,37-,38-,39-,41?,42?,43-,44-,45-,46+,47-,48+/m0/s1. The van der Waals surface area contributed by atoms with Crippen LogP contribution in [0.2, 0.25) is 0 Å². The van der Waals surface area contributed by atoms with Crippen LogP contribution in [0, 0.1) is 23.7 Å². The van der Waals surface area contributed by atoms with Crippen molar-refractivity contribution < 1.29 is 92.2 Å². The van der Waals surface area contributed by atoms with Crippen molar-refractivity contribution in [2.75, 3.05) is 26.2 Å². The molecule has 1 aliphatic heterocycles. The van der Waals surface area contributed by atoms with Crippen molar-refractivity contribution in [2.24, 2.45) is 51.6 Å². The molecule has 35 nitrogen and oxygen atoms in total. The normalized spacial score (nSPS) is 23.8. The number of cyclic esters (lactones) is 1. The third kappa shape index (κ3) is 29.2. The van der Waals surface area contributed by atoms with E-state index in [1.807, 2.05) is 10.6 Å². The SMILES string of the molecule is CC[C@H](C)C1NC(=O)[C@@H](CCCN=C(N)N)NC(=O)[C@H](CC(C)C)NC(=O)[C@H]([C@H](O)C(C)C)NC(=O)[C@@H](NC(=O)[C@H](CC(C)C)NC(=O)[C@H](N)CCCNC(=O)OC(C)(C)C)[C@@H](c2ccccc2)OC(=O)[C@H](CO)NC(=O)[C@H]([C@H](O)C(N)=O)NC(=O)CNC(=O)C([C@H](C)O)NC1=O. The van der Waals surface area contributed by atoms with E-state index in [1.165, 1.54) is 44.2 Å². The van der Waals surface area contributed by atoms with Crippen LogP contribution in [0.3, 0.4) is 0 Å².